The molecule has 2 N–H and O–H groups in total. The lowest BCUT2D eigenvalue weighted by atomic mass is 10.4. The molecule has 0 aromatic carbocycles. The van der Waals surface area contributed by atoms with E-state index in [0.29, 0.717) is 0 Å². The van der Waals surface area contributed by atoms with Gasteiger partial charge in [-0.1, -0.05) is 6.58 Å². The normalized spacial score (nSPS) is 12.3. The number of hydrogen-bond acceptors (Lipinski definition) is 2. The lowest BCUT2D eigenvalue weighted by Gasteiger charge is -2.18. The van der Waals surface area contributed by atoms with Crippen molar-refractivity contribution >= 4 is 5.91 Å². The summed E-state index contributed by atoms with van der Waals surface area (Å²) in [4.78, 5) is 12.1. The zero-order valence-corrected chi connectivity index (χ0v) is 5.79. The van der Waals surface area contributed by atoms with Crippen LogP contribution in [0.4, 0.5) is 0 Å². The molecule has 3 nitrogen and oxygen atoms in total. The fraction of sp³-hybridized carbons (Fsp3) is 0.500. The molecule has 0 rings (SSSR count). The molecule has 0 bridgehead atoms. The molecule has 0 saturated heterocycles. The predicted octanol–water partition coefficient (Wildman–Crippen LogP) is -0.0645. The summed E-state index contributed by atoms with van der Waals surface area (Å²) < 4.78 is 0. The Morgan fingerprint density at radius 1 is 1.89 bits per heavy atom. The third-order valence-electron chi connectivity index (χ3n) is 1.13. The van der Waals surface area contributed by atoms with Crippen molar-refractivity contribution in [3.05, 3.63) is 12.7 Å². The minimum atomic E-state index is -0.240. The van der Waals surface area contributed by atoms with Crippen LogP contribution in [-0.4, -0.2) is 24.0 Å². The molecule has 1 atom stereocenters. The first-order valence-electron chi connectivity index (χ1n) is 2.74. The van der Waals surface area contributed by atoms with Crippen molar-refractivity contribution in [1.29, 1.82) is 0 Å². The second-order valence-corrected chi connectivity index (χ2v) is 1.89. The van der Waals surface area contributed by atoms with Crippen LogP contribution >= 0.6 is 0 Å². The Morgan fingerprint density at radius 2 is 2.33 bits per heavy atom. The van der Waals surface area contributed by atoms with Crippen molar-refractivity contribution in [2.24, 2.45) is 5.73 Å². The minimum Gasteiger partial charge on any atom is -0.327 e. The zero-order valence-electron chi connectivity index (χ0n) is 5.79. The van der Waals surface area contributed by atoms with Crippen molar-refractivity contribution in [2.75, 3.05) is 7.05 Å². The maximum absolute atomic E-state index is 10.7. The number of carbonyl (C=O) groups is 1. The number of carbonyl (C=O) groups excluding carboxylic acids is 1. The van der Waals surface area contributed by atoms with E-state index in [0.717, 1.165) is 0 Å². The van der Waals surface area contributed by atoms with Crippen molar-refractivity contribution in [1.82, 2.24) is 4.90 Å². The number of nitrogens with two attached hydrogens (primary N) is 1. The fourth-order valence-electron chi connectivity index (χ4n) is 0.345. The van der Waals surface area contributed by atoms with Crippen LogP contribution in [0.15, 0.2) is 12.7 Å². The summed E-state index contributed by atoms with van der Waals surface area (Å²) in [7, 11) is 1.63. The molecule has 0 spiro atoms. The van der Waals surface area contributed by atoms with Crippen molar-refractivity contribution < 1.29 is 4.79 Å². The summed E-state index contributed by atoms with van der Waals surface area (Å²) in [6.07, 6.45) is 0.999. The maximum Gasteiger partial charge on any atom is 0.246 e. The van der Waals surface area contributed by atoms with Crippen LogP contribution < -0.4 is 5.73 Å². The summed E-state index contributed by atoms with van der Waals surface area (Å²) in [5, 5.41) is 0. The van der Waals surface area contributed by atoms with Crippen LogP contribution in [0.1, 0.15) is 6.92 Å². The van der Waals surface area contributed by atoms with Crippen LogP contribution in [0.2, 0.25) is 0 Å². The van der Waals surface area contributed by atoms with E-state index >= 15 is 0 Å². The van der Waals surface area contributed by atoms with E-state index in [9.17, 15) is 4.79 Å². The lowest BCUT2D eigenvalue weighted by molar-refractivity contribution is -0.126. The van der Waals surface area contributed by atoms with E-state index in [1.165, 1.54) is 11.0 Å². The Morgan fingerprint density at radius 3 is 2.44 bits per heavy atom. The highest BCUT2D eigenvalue weighted by Crippen LogP contribution is 1.87. The Hall–Kier alpha value is -0.830. The average Bonchev–Trinajstić information content (AvgIpc) is 1.84. The van der Waals surface area contributed by atoms with Gasteiger partial charge in [0.05, 0.1) is 6.17 Å². The van der Waals surface area contributed by atoms with Crippen molar-refractivity contribution in [3.63, 3.8) is 0 Å². The molecule has 0 heterocycles. The highest BCUT2D eigenvalue weighted by Gasteiger charge is 2.06. The highest BCUT2D eigenvalue weighted by atomic mass is 16.2. The first-order chi connectivity index (χ1) is 4.09. The van der Waals surface area contributed by atoms with E-state index in [1.54, 1.807) is 14.0 Å². The van der Waals surface area contributed by atoms with E-state index in [-0.39, 0.29) is 12.1 Å². The second kappa shape index (κ2) is 3.25. The first-order valence-corrected chi connectivity index (χ1v) is 2.74. The average molecular weight is 128 g/mol. The smallest absolute Gasteiger partial charge is 0.246 e. The molecule has 0 aliphatic carbocycles. The molecule has 3 heteroatoms. The third kappa shape index (κ3) is 2.28. The van der Waals surface area contributed by atoms with Gasteiger partial charge in [0, 0.05) is 7.05 Å². The van der Waals surface area contributed by atoms with Gasteiger partial charge in [0.15, 0.2) is 0 Å². The van der Waals surface area contributed by atoms with E-state index < -0.39 is 0 Å². The molecular weight excluding hydrogens is 116 g/mol. The molecule has 9 heavy (non-hydrogen) atoms. The Kier molecular flexibility index (Phi) is 2.95. The van der Waals surface area contributed by atoms with Gasteiger partial charge in [-0.15, -0.1) is 0 Å². The Bertz CT molecular complexity index is 120. The molecule has 0 aromatic heterocycles. The highest BCUT2D eigenvalue weighted by molar-refractivity contribution is 5.86. The predicted molar refractivity (Wildman–Crippen MR) is 36.6 cm³/mol. The molecular formula is C6H12N2O. The summed E-state index contributed by atoms with van der Waals surface area (Å²) in [5.74, 6) is -0.148. The molecule has 0 aromatic rings. The van der Waals surface area contributed by atoms with E-state index in [1.807, 2.05) is 0 Å². The number of nitrogens with zero attached hydrogens (tertiary/aromatic N) is 1. The standard InChI is InChI=1S/C6H12N2O/c1-4-6(9)8(3)5(2)7/h4-5H,1,7H2,2-3H3. The third-order valence-corrected chi connectivity index (χ3v) is 1.13. The van der Waals surface area contributed by atoms with Gasteiger partial charge in [0.1, 0.15) is 0 Å². The Labute approximate surface area is 55.1 Å². The number of hydrogen-bond donors (Lipinski definition) is 1. The van der Waals surface area contributed by atoms with E-state index in [2.05, 4.69) is 6.58 Å². The van der Waals surface area contributed by atoms with Gasteiger partial charge in [-0.25, -0.2) is 0 Å². The van der Waals surface area contributed by atoms with Crippen molar-refractivity contribution in [2.45, 2.75) is 13.1 Å². The van der Waals surface area contributed by atoms with Gasteiger partial charge < -0.3 is 10.6 Å². The molecule has 0 aliphatic heterocycles. The molecule has 0 fully saturated rings. The van der Waals surface area contributed by atoms with Gasteiger partial charge in [0.2, 0.25) is 5.91 Å². The number of likely N-dealkylation sites (N-methyl/N-ethyl adjacent to an activating group) is 1. The Balaban J connectivity index is 3.87. The van der Waals surface area contributed by atoms with Gasteiger partial charge in [-0.05, 0) is 13.0 Å². The van der Waals surface area contributed by atoms with E-state index in [4.69, 9.17) is 5.73 Å². The quantitative estimate of drug-likeness (QED) is 0.418. The SMILES string of the molecule is C=CC(=O)N(C)C(C)N. The topological polar surface area (TPSA) is 46.3 Å². The summed E-state index contributed by atoms with van der Waals surface area (Å²) in [6, 6.07) is 0. The fourth-order valence-corrected chi connectivity index (χ4v) is 0.345. The van der Waals surface area contributed by atoms with Crippen LogP contribution in [0.25, 0.3) is 0 Å². The second-order valence-electron chi connectivity index (χ2n) is 1.89. The summed E-state index contributed by atoms with van der Waals surface area (Å²) in [6.45, 7) is 5.05. The largest absolute Gasteiger partial charge is 0.327 e. The zero-order chi connectivity index (χ0) is 7.44. The summed E-state index contributed by atoms with van der Waals surface area (Å²) in [5.41, 5.74) is 5.37. The van der Waals surface area contributed by atoms with Gasteiger partial charge >= 0.3 is 0 Å². The molecule has 1 amide bonds. The van der Waals surface area contributed by atoms with Crippen LogP contribution in [-0.2, 0) is 4.79 Å². The molecule has 0 saturated carbocycles. The van der Waals surface area contributed by atoms with Gasteiger partial charge in [0.25, 0.3) is 0 Å². The van der Waals surface area contributed by atoms with Crippen LogP contribution in [0.5, 0.6) is 0 Å². The number of amides is 1. The lowest BCUT2D eigenvalue weighted by Crippen LogP contribution is -2.39. The molecule has 52 valence electrons. The van der Waals surface area contributed by atoms with Crippen LogP contribution in [0, 0.1) is 0 Å². The van der Waals surface area contributed by atoms with Gasteiger partial charge in [-0.2, -0.15) is 0 Å². The number of rotatable bonds is 2. The molecule has 0 aliphatic rings. The van der Waals surface area contributed by atoms with Crippen LogP contribution in [0.3, 0.4) is 0 Å². The molecule has 1 unspecified atom stereocenters. The van der Waals surface area contributed by atoms with Gasteiger partial charge in [-0.3, -0.25) is 4.79 Å². The maximum atomic E-state index is 10.7. The molecule has 0 radical (unpaired) electrons. The minimum absolute atomic E-state index is 0.148. The monoisotopic (exact) mass is 128 g/mol. The van der Waals surface area contributed by atoms with Crippen molar-refractivity contribution in [3.8, 4) is 0 Å². The summed E-state index contributed by atoms with van der Waals surface area (Å²) >= 11 is 0. The first kappa shape index (κ1) is 8.17.